The standard InChI is InChI=1S/C13H20ClNO2/c1-10-9-12(11(2)17-10)13(16)15(3)8-6-4-5-7-14/h9H,4-8H2,1-3H3. The molecule has 4 heteroatoms. The quantitative estimate of drug-likeness (QED) is 0.578. The summed E-state index contributed by atoms with van der Waals surface area (Å²) in [4.78, 5) is 13.8. The lowest BCUT2D eigenvalue weighted by Crippen LogP contribution is -2.27. The Bertz CT molecular complexity index is 373. The molecule has 0 atom stereocenters. The van der Waals surface area contributed by atoms with Crippen LogP contribution in [0.3, 0.4) is 0 Å². The molecule has 1 rings (SSSR count). The van der Waals surface area contributed by atoms with Crippen molar-refractivity contribution in [2.75, 3.05) is 19.5 Å². The number of nitrogens with zero attached hydrogens (tertiary/aromatic N) is 1. The Kier molecular flexibility index (Phi) is 5.56. The van der Waals surface area contributed by atoms with Crippen molar-refractivity contribution in [3.8, 4) is 0 Å². The van der Waals surface area contributed by atoms with Crippen molar-refractivity contribution >= 4 is 17.5 Å². The zero-order valence-electron chi connectivity index (χ0n) is 10.8. The fourth-order valence-electron chi connectivity index (χ4n) is 1.77. The number of carbonyl (C=O) groups is 1. The zero-order chi connectivity index (χ0) is 12.8. The van der Waals surface area contributed by atoms with E-state index in [1.54, 1.807) is 11.0 Å². The van der Waals surface area contributed by atoms with Crippen LogP contribution in [0.1, 0.15) is 41.1 Å². The monoisotopic (exact) mass is 257 g/mol. The van der Waals surface area contributed by atoms with Crippen molar-refractivity contribution in [2.24, 2.45) is 0 Å². The van der Waals surface area contributed by atoms with Crippen LogP contribution >= 0.6 is 11.6 Å². The van der Waals surface area contributed by atoms with Crippen molar-refractivity contribution in [2.45, 2.75) is 33.1 Å². The SMILES string of the molecule is Cc1cc(C(=O)N(C)CCCCCCl)c(C)o1. The molecule has 1 amide bonds. The van der Waals surface area contributed by atoms with Gasteiger partial charge in [-0.05, 0) is 32.8 Å². The highest BCUT2D eigenvalue weighted by Gasteiger charge is 2.16. The van der Waals surface area contributed by atoms with Crippen molar-refractivity contribution in [1.82, 2.24) is 4.90 Å². The average molecular weight is 258 g/mol. The highest BCUT2D eigenvalue weighted by atomic mass is 35.5. The zero-order valence-corrected chi connectivity index (χ0v) is 11.5. The highest BCUT2D eigenvalue weighted by Crippen LogP contribution is 2.15. The number of rotatable bonds is 6. The number of halogens is 1. The lowest BCUT2D eigenvalue weighted by molar-refractivity contribution is 0.0791. The fourth-order valence-corrected chi connectivity index (χ4v) is 1.96. The first-order valence-electron chi connectivity index (χ1n) is 5.94. The van der Waals surface area contributed by atoms with Crippen LogP contribution < -0.4 is 0 Å². The normalized spacial score (nSPS) is 10.6. The van der Waals surface area contributed by atoms with E-state index in [-0.39, 0.29) is 5.91 Å². The summed E-state index contributed by atoms with van der Waals surface area (Å²) >= 11 is 5.61. The molecule has 17 heavy (non-hydrogen) atoms. The number of aryl methyl sites for hydroxylation is 2. The van der Waals surface area contributed by atoms with E-state index in [9.17, 15) is 4.79 Å². The van der Waals surface area contributed by atoms with E-state index in [1.807, 2.05) is 20.9 Å². The van der Waals surface area contributed by atoms with E-state index >= 15 is 0 Å². The Balaban J connectivity index is 2.49. The van der Waals surface area contributed by atoms with Gasteiger partial charge in [0.25, 0.3) is 5.91 Å². The van der Waals surface area contributed by atoms with E-state index in [4.69, 9.17) is 16.0 Å². The summed E-state index contributed by atoms with van der Waals surface area (Å²) in [5.74, 6) is 2.20. The molecule has 1 heterocycles. The van der Waals surface area contributed by atoms with Crippen LogP contribution in [-0.2, 0) is 0 Å². The second kappa shape index (κ2) is 6.70. The minimum atomic E-state index is 0.0326. The molecule has 0 saturated carbocycles. The third-order valence-electron chi connectivity index (χ3n) is 2.75. The van der Waals surface area contributed by atoms with Gasteiger partial charge in [0.15, 0.2) is 0 Å². The molecule has 0 aliphatic carbocycles. The van der Waals surface area contributed by atoms with E-state index in [0.717, 1.165) is 31.6 Å². The molecule has 0 N–H and O–H groups in total. The molecular weight excluding hydrogens is 238 g/mol. The first-order valence-corrected chi connectivity index (χ1v) is 6.48. The summed E-state index contributed by atoms with van der Waals surface area (Å²) in [6, 6.07) is 1.80. The second-order valence-corrected chi connectivity index (χ2v) is 4.68. The predicted octanol–water partition coefficient (Wildman–Crippen LogP) is 3.38. The molecular formula is C13H20ClNO2. The average Bonchev–Trinajstić information content (AvgIpc) is 2.62. The minimum Gasteiger partial charge on any atom is -0.466 e. The molecule has 0 aromatic carbocycles. The van der Waals surface area contributed by atoms with Crippen LogP contribution in [0.2, 0.25) is 0 Å². The molecule has 96 valence electrons. The molecule has 1 aromatic rings. The summed E-state index contributed by atoms with van der Waals surface area (Å²) < 4.78 is 5.36. The third-order valence-corrected chi connectivity index (χ3v) is 3.01. The van der Waals surface area contributed by atoms with Crippen LogP contribution in [0.15, 0.2) is 10.5 Å². The van der Waals surface area contributed by atoms with Gasteiger partial charge in [-0.3, -0.25) is 4.79 Å². The summed E-state index contributed by atoms with van der Waals surface area (Å²) in [7, 11) is 1.82. The van der Waals surface area contributed by atoms with Gasteiger partial charge in [-0.25, -0.2) is 0 Å². The maximum atomic E-state index is 12.1. The Hall–Kier alpha value is -0.960. The largest absolute Gasteiger partial charge is 0.466 e. The van der Waals surface area contributed by atoms with Crippen molar-refractivity contribution in [3.05, 3.63) is 23.2 Å². The van der Waals surface area contributed by atoms with Crippen LogP contribution in [0, 0.1) is 13.8 Å². The number of unbranched alkanes of at least 4 members (excludes halogenated alkanes) is 2. The predicted molar refractivity (Wildman–Crippen MR) is 69.7 cm³/mol. The van der Waals surface area contributed by atoms with Crippen LogP contribution in [-0.4, -0.2) is 30.3 Å². The molecule has 0 radical (unpaired) electrons. The van der Waals surface area contributed by atoms with Crippen molar-refractivity contribution < 1.29 is 9.21 Å². The molecule has 0 saturated heterocycles. The Morgan fingerprint density at radius 2 is 2.06 bits per heavy atom. The van der Waals surface area contributed by atoms with Gasteiger partial charge < -0.3 is 9.32 Å². The Labute approximate surface area is 108 Å². The summed E-state index contributed by atoms with van der Waals surface area (Å²) in [6.45, 7) is 4.44. The first-order chi connectivity index (χ1) is 8.06. The molecule has 0 spiro atoms. The molecule has 0 aliphatic heterocycles. The summed E-state index contributed by atoms with van der Waals surface area (Å²) in [5, 5.41) is 0. The Morgan fingerprint density at radius 1 is 1.35 bits per heavy atom. The van der Waals surface area contributed by atoms with Gasteiger partial charge in [0.2, 0.25) is 0 Å². The molecule has 0 aliphatic rings. The van der Waals surface area contributed by atoms with Gasteiger partial charge in [0.1, 0.15) is 11.5 Å². The minimum absolute atomic E-state index is 0.0326. The lowest BCUT2D eigenvalue weighted by atomic mass is 10.2. The van der Waals surface area contributed by atoms with Gasteiger partial charge in [-0.1, -0.05) is 6.42 Å². The van der Waals surface area contributed by atoms with Crippen molar-refractivity contribution in [3.63, 3.8) is 0 Å². The number of furan rings is 1. The number of hydrogen-bond donors (Lipinski definition) is 0. The second-order valence-electron chi connectivity index (χ2n) is 4.30. The molecule has 0 unspecified atom stereocenters. The lowest BCUT2D eigenvalue weighted by Gasteiger charge is -2.16. The third kappa shape index (κ3) is 4.08. The molecule has 0 fully saturated rings. The Morgan fingerprint density at radius 3 is 2.59 bits per heavy atom. The van der Waals surface area contributed by atoms with Crippen LogP contribution in [0.25, 0.3) is 0 Å². The fraction of sp³-hybridized carbons (Fsp3) is 0.615. The van der Waals surface area contributed by atoms with Crippen LogP contribution in [0.4, 0.5) is 0 Å². The first kappa shape index (κ1) is 14.1. The van der Waals surface area contributed by atoms with Gasteiger partial charge in [0.05, 0.1) is 5.56 Å². The van der Waals surface area contributed by atoms with Gasteiger partial charge >= 0.3 is 0 Å². The summed E-state index contributed by atoms with van der Waals surface area (Å²) in [5.41, 5.74) is 0.669. The molecule has 1 aromatic heterocycles. The number of carbonyl (C=O) groups excluding carboxylic acids is 1. The summed E-state index contributed by atoms with van der Waals surface area (Å²) in [6.07, 6.45) is 3.06. The van der Waals surface area contributed by atoms with E-state index in [2.05, 4.69) is 0 Å². The van der Waals surface area contributed by atoms with Gasteiger partial charge in [0, 0.05) is 19.5 Å². The maximum absolute atomic E-state index is 12.1. The smallest absolute Gasteiger partial charge is 0.257 e. The number of amides is 1. The highest BCUT2D eigenvalue weighted by molar-refractivity contribution is 6.17. The number of alkyl halides is 1. The van der Waals surface area contributed by atoms with Gasteiger partial charge in [-0.15, -0.1) is 11.6 Å². The maximum Gasteiger partial charge on any atom is 0.257 e. The van der Waals surface area contributed by atoms with E-state index < -0.39 is 0 Å². The van der Waals surface area contributed by atoms with E-state index in [0.29, 0.717) is 17.2 Å². The number of hydrogen-bond acceptors (Lipinski definition) is 2. The molecule has 3 nitrogen and oxygen atoms in total. The van der Waals surface area contributed by atoms with Crippen LogP contribution in [0.5, 0.6) is 0 Å². The topological polar surface area (TPSA) is 33.5 Å². The van der Waals surface area contributed by atoms with E-state index in [1.165, 1.54) is 0 Å². The van der Waals surface area contributed by atoms with Gasteiger partial charge in [-0.2, -0.15) is 0 Å². The van der Waals surface area contributed by atoms with Crippen molar-refractivity contribution in [1.29, 1.82) is 0 Å². The molecule has 0 bridgehead atoms.